The first kappa shape index (κ1) is 17.4. The largest absolute Gasteiger partial charge is 0.368 e. The zero-order valence-electron chi connectivity index (χ0n) is 14.1. The van der Waals surface area contributed by atoms with E-state index in [-0.39, 0.29) is 12.0 Å². The van der Waals surface area contributed by atoms with E-state index < -0.39 is 0 Å². The van der Waals surface area contributed by atoms with Gasteiger partial charge in [-0.05, 0) is 43.0 Å². The Morgan fingerprint density at radius 3 is 2.48 bits per heavy atom. The number of rotatable bonds is 6. The molecule has 1 unspecified atom stereocenters. The second-order valence-electron chi connectivity index (χ2n) is 6.01. The lowest BCUT2D eigenvalue weighted by atomic mass is 10.0. The van der Waals surface area contributed by atoms with E-state index in [1.807, 2.05) is 24.4 Å². The van der Waals surface area contributed by atoms with Gasteiger partial charge in [-0.1, -0.05) is 58.4 Å². The van der Waals surface area contributed by atoms with Gasteiger partial charge in [0.05, 0.1) is 0 Å². The minimum absolute atomic E-state index is 0.141. The maximum absolute atomic E-state index is 5.80. The molecule has 0 radical (unpaired) electrons. The van der Waals surface area contributed by atoms with Crippen LogP contribution in [0.3, 0.4) is 0 Å². The van der Waals surface area contributed by atoms with Crippen molar-refractivity contribution >= 4 is 27.7 Å². The van der Waals surface area contributed by atoms with Crippen LogP contribution in [-0.2, 0) is 12.8 Å². The molecule has 3 rings (SSSR count). The van der Waals surface area contributed by atoms with Crippen molar-refractivity contribution in [2.75, 3.05) is 11.1 Å². The Morgan fingerprint density at radius 1 is 1.04 bits per heavy atom. The number of benzene rings is 2. The molecule has 3 aromatic rings. The van der Waals surface area contributed by atoms with Crippen LogP contribution in [0.25, 0.3) is 0 Å². The van der Waals surface area contributed by atoms with Crippen molar-refractivity contribution in [2.45, 2.75) is 25.8 Å². The van der Waals surface area contributed by atoms with Crippen LogP contribution in [-0.4, -0.2) is 9.97 Å². The highest BCUT2D eigenvalue weighted by Crippen LogP contribution is 2.22. The summed E-state index contributed by atoms with van der Waals surface area (Å²) in [5.41, 5.74) is 9.35. The Morgan fingerprint density at radius 2 is 1.76 bits per heavy atom. The molecule has 0 amide bonds. The fourth-order valence-electron chi connectivity index (χ4n) is 2.69. The number of nitrogens with one attached hydrogen (secondary N) is 1. The van der Waals surface area contributed by atoms with E-state index in [1.165, 1.54) is 11.1 Å². The number of nitrogens with zero attached hydrogens (tertiary/aromatic N) is 2. The number of halogens is 1. The summed E-state index contributed by atoms with van der Waals surface area (Å²) < 4.78 is 1.09. The molecule has 0 aliphatic heterocycles. The van der Waals surface area contributed by atoms with E-state index in [0.29, 0.717) is 0 Å². The normalized spacial score (nSPS) is 11.9. The predicted molar refractivity (Wildman–Crippen MR) is 106 cm³/mol. The van der Waals surface area contributed by atoms with Crippen molar-refractivity contribution in [3.05, 3.63) is 82.0 Å². The van der Waals surface area contributed by atoms with Gasteiger partial charge in [0, 0.05) is 22.3 Å². The Labute approximate surface area is 156 Å². The van der Waals surface area contributed by atoms with Crippen LogP contribution in [0.15, 0.2) is 65.3 Å². The van der Waals surface area contributed by atoms with Gasteiger partial charge in [0.15, 0.2) is 0 Å². The molecule has 25 heavy (non-hydrogen) atoms. The van der Waals surface area contributed by atoms with Gasteiger partial charge in [0.1, 0.15) is 5.82 Å². The van der Waals surface area contributed by atoms with Gasteiger partial charge >= 0.3 is 0 Å². The van der Waals surface area contributed by atoms with E-state index >= 15 is 0 Å². The molecule has 1 atom stereocenters. The molecule has 4 nitrogen and oxygen atoms in total. The predicted octanol–water partition coefficient (Wildman–Crippen LogP) is 4.78. The fourth-order valence-corrected chi connectivity index (χ4v) is 2.95. The third-order valence-corrected chi connectivity index (χ3v) is 4.66. The van der Waals surface area contributed by atoms with Gasteiger partial charge in [-0.3, -0.25) is 0 Å². The molecule has 0 aliphatic rings. The first-order valence-electron chi connectivity index (χ1n) is 8.29. The van der Waals surface area contributed by atoms with Crippen LogP contribution in [0, 0.1) is 0 Å². The lowest BCUT2D eigenvalue weighted by Gasteiger charge is -2.17. The fraction of sp³-hybridized carbons (Fsp3) is 0.200. The molecule has 1 heterocycles. The average molecular weight is 397 g/mol. The van der Waals surface area contributed by atoms with Crippen molar-refractivity contribution in [2.24, 2.45) is 0 Å². The van der Waals surface area contributed by atoms with Crippen molar-refractivity contribution in [3.8, 4) is 0 Å². The van der Waals surface area contributed by atoms with Crippen molar-refractivity contribution in [1.29, 1.82) is 0 Å². The topological polar surface area (TPSA) is 63.8 Å². The molecule has 0 aliphatic carbocycles. The summed E-state index contributed by atoms with van der Waals surface area (Å²) in [7, 11) is 0. The summed E-state index contributed by atoms with van der Waals surface area (Å²) in [4.78, 5) is 8.58. The van der Waals surface area contributed by atoms with Crippen LogP contribution in [0.2, 0.25) is 0 Å². The number of aromatic nitrogens is 2. The highest BCUT2D eigenvalue weighted by Gasteiger charge is 2.11. The number of aryl methyl sites for hydroxylation is 2. The molecule has 5 heteroatoms. The average Bonchev–Trinajstić information content (AvgIpc) is 2.63. The van der Waals surface area contributed by atoms with Gasteiger partial charge in [0.2, 0.25) is 5.95 Å². The lowest BCUT2D eigenvalue weighted by Crippen LogP contribution is -2.12. The smallest absolute Gasteiger partial charge is 0.221 e. The zero-order valence-corrected chi connectivity index (χ0v) is 15.7. The molecular formula is C20H21BrN4. The lowest BCUT2D eigenvalue weighted by molar-refractivity contribution is 0.855. The number of hydrogen-bond acceptors (Lipinski definition) is 4. The van der Waals surface area contributed by atoms with Crippen LogP contribution in [0.4, 0.5) is 11.8 Å². The maximum atomic E-state index is 5.80. The Kier molecular flexibility index (Phi) is 5.66. The molecule has 2 aromatic carbocycles. The maximum Gasteiger partial charge on any atom is 0.221 e. The summed E-state index contributed by atoms with van der Waals surface area (Å²) >= 11 is 3.47. The van der Waals surface area contributed by atoms with Gasteiger partial charge in [-0.15, -0.1) is 0 Å². The minimum Gasteiger partial charge on any atom is -0.368 e. The molecule has 0 saturated carbocycles. The monoisotopic (exact) mass is 396 g/mol. The molecular weight excluding hydrogens is 376 g/mol. The molecule has 3 N–H and O–H groups in total. The number of hydrogen-bond donors (Lipinski definition) is 2. The molecule has 128 valence electrons. The Hall–Kier alpha value is -2.40. The second kappa shape index (κ2) is 8.12. The molecule has 0 fully saturated rings. The summed E-state index contributed by atoms with van der Waals surface area (Å²) in [5, 5.41) is 3.47. The number of nitrogen functional groups attached to an aromatic ring is 1. The summed E-state index contributed by atoms with van der Waals surface area (Å²) in [5.74, 6) is 1.09. The van der Waals surface area contributed by atoms with E-state index in [2.05, 4.69) is 74.5 Å². The summed E-state index contributed by atoms with van der Waals surface area (Å²) in [6.45, 7) is 2.12. The third kappa shape index (κ3) is 4.79. The van der Waals surface area contributed by atoms with E-state index in [4.69, 9.17) is 5.73 Å². The van der Waals surface area contributed by atoms with Gasteiger partial charge in [0.25, 0.3) is 0 Å². The first-order valence-corrected chi connectivity index (χ1v) is 9.08. The van der Waals surface area contributed by atoms with E-state index in [1.54, 1.807) is 0 Å². The van der Waals surface area contributed by atoms with Crippen molar-refractivity contribution in [3.63, 3.8) is 0 Å². The first-order chi connectivity index (χ1) is 12.1. The van der Waals surface area contributed by atoms with Gasteiger partial charge in [-0.2, -0.15) is 4.98 Å². The second-order valence-corrected chi connectivity index (χ2v) is 6.92. The highest BCUT2D eigenvalue weighted by atomic mass is 79.9. The Bertz CT molecular complexity index is 819. The Balaban J connectivity index is 1.74. The third-order valence-electron chi connectivity index (χ3n) is 4.13. The number of anilines is 2. The van der Waals surface area contributed by atoms with Crippen molar-refractivity contribution < 1.29 is 0 Å². The van der Waals surface area contributed by atoms with Gasteiger partial charge < -0.3 is 11.1 Å². The number of nitrogens with two attached hydrogens (primary N) is 1. The van der Waals surface area contributed by atoms with E-state index in [9.17, 15) is 0 Å². The quantitative estimate of drug-likeness (QED) is 0.629. The van der Waals surface area contributed by atoms with Gasteiger partial charge in [-0.25, -0.2) is 4.98 Å². The minimum atomic E-state index is 0.141. The molecule has 0 saturated heterocycles. The SMILES string of the molecule is CC(Nc1nc(N)ncc1CCc1ccc(Br)cc1)c1ccccc1. The van der Waals surface area contributed by atoms with E-state index in [0.717, 1.165) is 28.7 Å². The van der Waals surface area contributed by atoms with Crippen LogP contribution in [0.1, 0.15) is 29.7 Å². The van der Waals surface area contributed by atoms with Crippen LogP contribution >= 0.6 is 15.9 Å². The van der Waals surface area contributed by atoms with Crippen LogP contribution < -0.4 is 11.1 Å². The summed E-state index contributed by atoms with van der Waals surface area (Å²) in [6.07, 6.45) is 3.60. The van der Waals surface area contributed by atoms with Crippen molar-refractivity contribution in [1.82, 2.24) is 9.97 Å². The zero-order chi connectivity index (χ0) is 17.6. The van der Waals surface area contributed by atoms with Crippen LogP contribution in [0.5, 0.6) is 0 Å². The standard InChI is InChI=1S/C20H21BrN4/c1-14(16-5-3-2-4-6-16)24-19-17(13-23-20(22)25-19)10-7-15-8-11-18(21)12-9-15/h2-6,8-9,11-14H,7,10H2,1H3,(H3,22,23,24,25). The summed E-state index contributed by atoms with van der Waals surface area (Å²) in [6, 6.07) is 18.8. The molecule has 0 bridgehead atoms. The molecule has 1 aromatic heterocycles. The molecule has 0 spiro atoms. The highest BCUT2D eigenvalue weighted by molar-refractivity contribution is 9.10.